The van der Waals surface area contributed by atoms with E-state index in [1.165, 1.54) is 0 Å². The average molecular weight is 226 g/mol. The molecule has 0 aromatic heterocycles. The Morgan fingerprint density at radius 2 is 2.00 bits per heavy atom. The molecule has 4 nitrogen and oxygen atoms in total. The molecule has 2 rings (SSSR count). The third-order valence-electron chi connectivity index (χ3n) is 3.75. The summed E-state index contributed by atoms with van der Waals surface area (Å²) >= 11 is 0. The van der Waals surface area contributed by atoms with Gasteiger partial charge in [-0.25, -0.2) is 0 Å². The third-order valence-corrected chi connectivity index (χ3v) is 3.75. The first-order chi connectivity index (χ1) is 7.14. The fourth-order valence-electron chi connectivity index (χ4n) is 2.73. The third kappa shape index (κ3) is 1.16. The van der Waals surface area contributed by atoms with Crippen molar-refractivity contribution in [3.8, 4) is 0 Å². The van der Waals surface area contributed by atoms with Crippen molar-refractivity contribution in [2.45, 2.75) is 40.2 Å². The minimum atomic E-state index is -1.04. The fraction of sp³-hybridized carbons (Fsp3) is 0.833. The number of fused-ring (bicyclic) bond motifs is 1. The summed E-state index contributed by atoms with van der Waals surface area (Å²) in [6, 6.07) is 0. The summed E-state index contributed by atoms with van der Waals surface area (Å²) in [7, 11) is 0. The molecule has 0 aromatic carbocycles. The predicted molar refractivity (Wildman–Crippen MR) is 56.5 cm³/mol. The van der Waals surface area contributed by atoms with Crippen molar-refractivity contribution in [1.82, 2.24) is 0 Å². The van der Waals surface area contributed by atoms with Crippen LogP contribution in [0.4, 0.5) is 0 Å². The summed E-state index contributed by atoms with van der Waals surface area (Å²) in [4.78, 5) is 23.9. The first-order valence-electron chi connectivity index (χ1n) is 5.54. The standard InChI is InChI=1S/C12H18O4/c1-10(2,3)16-9(14)12-7(11(12,4)5)6-15-8(12)13/h7H,6H2,1-5H3. The molecule has 1 heterocycles. The lowest BCUT2D eigenvalue weighted by atomic mass is 9.96. The SMILES string of the molecule is CC(C)(C)OC(=O)C12C(=O)OCC1C2(C)C. The van der Waals surface area contributed by atoms with Crippen molar-refractivity contribution in [1.29, 1.82) is 0 Å². The van der Waals surface area contributed by atoms with Gasteiger partial charge in [-0.2, -0.15) is 0 Å². The van der Waals surface area contributed by atoms with Crippen LogP contribution >= 0.6 is 0 Å². The number of ether oxygens (including phenoxy) is 2. The first kappa shape index (κ1) is 11.4. The minimum Gasteiger partial charge on any atom is -0.464 e. The molecule has 0 radical (unpaired) electrons. The molecule has 1 saturated heterocycles. The Kier molecular flexibility index (Phi) is 1.99. The summed E-state index contributed by atoms with van der Waals surface area (Å²) in [5.41, 5.74) is -1.94. The molecular weight excluding hydrogens is 208 g/mol. The maximum absolute atomic E-state index is 12.1. The van der Waals surface area contributed by atoms with E-state index in [1.54, 1.807) is 20.8 Å². The van der Waals surface area contributed by atoms with Gasteiger partial charge in [-0.3, -0.25) is 9.59 Å². The molecule has 2 aliphatic rings. The maximum Gasteiger partial charge on any atom is 0.325 e. The quantitative estimate of drug-likeness (QED) is 0.502. The van der Waals surface area contributed by atoms with E-state index in [1.807, 2.05) is 13.8 Å². The lowest BCUT2D eigenvalue weighted by Crippen LogP contribution is -2.36. The average Bonchev–Trinajstić information content (AvgIpc) is 2.41. The second-order valence-corrected chi connectivity index (χ2v) is 6.18. The molecule has 90 valence electrons. The van der Waals surface area contributed by atoms with Crippen LogP contribution in [0.3, 0.4) is 0 Å². The highest BCUT2D eigenvalue weighted by Crippen LogP contribution is 2.72. The molecular formula is C12H18O4. The summed E-state index contributed by atoms with van der Waals surface area (Å²) in [5.74, 6) is -0.878. The number of esters is 2. The largest absolute Gasteiger partial charge is 0.464 e. The monoisotopic (exact) mass is 226 g/mol. The first-order valence-corrected chi connectivity index (χ1v) is 5.54. The van der Waals surface area contributed by atoms with E-state index in [9.17, 15) is 9.59 Å². The van der Waals surface area contributed by atoms with E-state index < -0.39 is 23.0 Å². The number of carbonyl (C=O) groups is 2. The molecule has 1 aliphatic heterocycles. The van der Waals surface area contributed by atoms with Gasteiger partial charge >= 0.3 is 11.9 Å². The number of hydrogen-bond donors (Lipinski definition) is 0. The summed E-state index contributed by atoms with van der Waals surface area (Å²) < 4.78 is 10.3. The summed E-state index contributed by atoms with van der Waals surface area (Å²) in [5, 5.41) is 0. The van der Waals surface area contributed by atoms with Gasteiger partial charge in [0.05, 0.1) is 6.61 Å². The van der Waals surface area contributed by atoms with Crippen LogP contribution in [0.15, 0.2) is 0 Å². The lowest BCUT2D eigenvalue weighted by molar-refractivity contribution is -0.170. The molecule has 0 spiro atoms. The van der Waals surface area contributed by atoms with Gasteiger partial charge in [0.15, 0.2) is 5.41 Å². The Morgan fingerprint density at radius 3 is 2.38 bits per heavy atom. The Labute approximate surface area is 95.3 Å². The molecule has 4 heteroatoms. The van der Waals surface area contributed by atoms with Crippen LogP contribution in [-0.2, 0) is 19.1 Å². The van der Waals surface area contributed by atoms with Gasteiger partial charge in [0.2, 0.25) is 0 Å². The molecule has 0 bridgehead atoms. The van der Waals surface area contributed by atoms with Gasteiger partial charge in [-0.05, 0) is 26.2 Å². The summed E-state index contributed by atoms with van der Waals surface area (Å²) in [6.07, 6.45) is 0. The van der Waals surface area contributed by atoms with Gasteiger partial charge in [0, 0.05) is 5.92 Å². The van der Waals surface area contributed by atoms with Crippen LogP contribution in [0.1, 0.15) is 34.6 Å². The highest BCUT2D eigenvalue weighted by atomic mass is 16.6. The molecule has 1 aliphatic carbocycles. The Bertz CT molecular complexity index is 364. The van der Waals surface area contributed by atoms with E-state index in [4.69, 9.17) is 9.47 Å². The number of rotatable bonds is 1. The van der Waals surface area contributed by atoms with E-state index in [-0.39, 0.29) is 11.3 Å². The zero-order chi connectivity index (χ0) is 12.4. The molecule has 2 fully saturated rings. The zero-order valence-corrected chi connectivity index (χ0v) is 10.4. The highest BCUT2D eigenvalue weighted by molar-refractivity contribution is 6.07. The molecule has 1 saturated carbocycles. The van der Waals surface area contributed by atoms with Crippen LogP contribution in [0.5, 0.6) is 0 Å². The van der Waals surface area contributed by atoms with E-state index >= 15 is 0 Å². The van der Waals surface area contributed by atoms with Crippen molar-refractivity contribution >= 4 is 11.9 Å². The van der Waals surface area contributed by atoms with Gasteiger partial charge in [0.1, 0.15) is 5.60 Å². The van der Waals surface area contributed by atoms with Crippen LogP contribution in [0.2, 0.25) is 0 Å². The van der Waals surface area contributed by atoms with Crippen molar-refractivity contribution < 1.29 is 19.1 Å². The van der Waals surface area contributed by atoms with Gasteiger partial charge in [0.25, 0.3) is 0 Å². The molecule has 0 aromatic rings. The Hall–Kier alpha value is -1.06. The van der Waals surface area contributed by atoms with Crippen molar-refractivity contribution in [3.63, 3.8) is 0 Å². The maximum atomic E-state index is 12.1. The second-order valence-electron chi connectivity index (χ2n) is 6.18. The van der Waals surface area contributed by atoms with Gasteiger partial charge in [-0.1, -0.05) is 13.8 Å². The Balaban J connectivity index is 2.27. The topological polar surface area (TPSA) is 52.6 Å². The normalized spacial score (nSPS) is 35.3. The van der Waals surface area contributed by atoms with Crippen LogP contribution in [0.25, 0.3) is 0 Å². The minimum absolute atomic E-state index is 0.0256. The number of carbonyl (C=O) groups excluding carboxylic acids is 2. The second kappa shape index (κ2) is 2.79. The van der Waals surface area contributed by atoms with E-state index in [2.05, 4.69) is 0 Å². The van der Waals surface area contributed by atoms with Crippen molar-refractivity contribution in [2.75, 3.05) is 6.61 Å². The van der Waals surface area contributed by atoms with E-state index in [0.717, 1.165) is 0 Å². The number of cyclic esters (lactones) is 1. The van der Waals surface area contributed by atoms with Crippen LogP contribution < -0.4 is 0 Å². The van der Waals surface area contributed by atoms with Crippen LogP contribution in [0, 0.1) is 16.7 Å². The highest BCUT2D eigenvalue weighted by Gasteiger charge is 2.85. The van der Waals surface area contributed by atoms with Crippen molar-refractivity contribution in [3.05, 3.63) is 0 Å². The molecule has 2 atom stereocenters. The number of hydrogen-bond acceptors (Lipinski definition) is 4. The molecule has 0 amide bonds. The summed E-state index contributed by atoms with van der Waals surface area (Å²) in [6.45, 7) is 9.57. The van der Waals surface area contributed by atoms with Crippen molar-refractivity contribution in [2.24, 2.45) is 16.7 Å². The smallest absolute Gasteiger partial charge is 0.325 e. The lowest BCUT2D eigenvalue weighted by Gasteiger charge is -2.23. The predicted octanol–water partition coefficient (Wildman–Crippen LogP) is 1.53. The molecule has 16 heavy (non-hydrogen) atoms. The molecule has 2 unspecified atom stereocenters. The van der Waals surface area contributed by atoms with Gasteiger partial charge < -0.3 is 9.47 Å². The van der Waals surface area contributed by atoms with Gasteiger partial charge in [-0.15, -0.1) is 0 Å². The Morgan fingerprint density at radius 1 is 1.44 bits per heavy atom. The van der Waals surface area contributed by atoms with Crippen LogP contribution in [-0.4, -0.2) is 24.1 Å². The van der Waals surface area contributed by atoms with E-state index in [0.29, 0.717) is 6.61 Å². The zero-order valence-electron chi connectivity index (χ0n) is 10.4. The molecule has 0 N–H and O–H groups in total. The fourth-order valence-corrected chi connectivity index (χ4v) is 2.73.